The Bertz CT molecular complexity index is 113. The van der Waals surface area contributed by atoms with Crippen molar-refractivity contribution in [3.05, 3.63) is 0 Å². The molecule has 0 radical (unpaired) electrons. The Morgan fingerprint density at radius 3 is 2.00 bits per heavy atom. The van der Waals surface area contributed by atoms with Gasteiger partial charge in [0.2, 0.25) is 0 Å². The van der Waals surface area contributed by atoms with Crippen LogP contribution in [0.4, 0.5) is 0 Å². The molecule has 0 aliphatic heterocycles. The van der Waals surface area contributed by atoms with E-state index in [1.165, 1.54) is 0 Å². The molecule has 0 N–H and O–H groups in total. The zero-order chi connectivity index (χ0) is 6.41. The van der Waals surface area contributed by atoms with E-state index in [1.54, 1.807) is 0 Å². The largest absolute Gasteiger partial charge is 0.126 e. The Morgan fingerprint density at radius 2 is 2.00 bits per heavy atom. The van der Waals surface area contributed by atoms with Crippen molar-refractivity contribution < 1.29 is 0 Å². The molecular formula is C5H7Br2Cl. The smallest absolute Gasteiger partial charge is 0.0877 e. The van der Waals surface area contributed by atoms with E-state index in [1.807, 2.05) is 0 Å². The number of alkyl halides is 3. The van der Waals surface area contributed by atoms with Gasteiger partial charge in [-0.2, -0.15) is 0 Å². The molecule has 0 nitrogen and oxygen atoms in total. The molecule has 1 aliphatic carbocycles. The first kappa shape index (κ1) is 7.36. The van der Waals surface area contributed by atoms with Crippen LogP contribution in [0.5, 0.6) is 0 Å². The first-order valence-electron chi connectivity index (χ1n) is 2.46. The van der Waals surface area contributed by atoms with E-state index >= 15 is 0 Å². The maximum Gasteiger partial charge on any atom is 0.0877 e. The Morgan fingerprint density at radius 1 is 1.62 bits per heavy atom. The Kier molecular flexibility index (Phi) is 1.72. The van der Waals surface area contributed by atoms with Crippen molar-refractivity contribution in [3.63, 3.8) is 0 Å². The molecule has 1 fully saturated rings. The first-order valence-corrected chi connectivity index (χ1v) is 4.58. The summed E-state index contributed by atoms with van der Waals surface area (Å²) in [7, 11) is 0. The molecule has 0 aromatic rings. The molecule has 1 saturated carbocycles. The lowest BCUT2D eigenvalue weighted by Crippen LogP contribution is -2.03. The van der Waals surface area contributed by atoms with Gasteiger partial charge >= 0.3 is 0 Å². The lowest BCUT2D eigenvalue weighted by Gasteiger charge is -2.04. The fourth-order valence-corrected chi connectivity index (χ4v) is 2.75. The zero-order valence-corrected chi connectivity index (χ0v) is 8.48. The summed E-state index contributed by atoms with van der Waals surface area (Å²) in [5.41, 5.74) is 0.286. The van der Waals surface area contributed by atoms with Crippen molar-refractivity contribution in [1.29, 1.82) is 0 Å². The molecule has 0 spiro atoms. The number of halogens is 3. The minimum atomic E-state index is 0.148. The van der Waals surface area contributed by atoms with Crippen molar-refractivity contribution in [2.45, 2.75) is 16.6 Å². The van der Waals surface area contributed by atoms with E-state index in [0.29, 0.717) is 0 Å². The fraction of sp³-hybridized carbons (Fsp3) is 1.00. The minimum absolute atomic E-state index is 0.148. The zero-order valence-electron chi connectivity index (χ0n) is 4.55. The molecule has 1 atom stereocenters. The van der Waals surface area contributed by atoms with Crippen molar-refractivity contribution in [1.82, 2.24) is 0 Å². The van der Waals surface area contributed by atoms with Gasteiger partial charge in [0.15, 0.2) is 0 Å². The van der Waals surface area contributed by atoms with Crippen LogP contribution in [0.2, 0.25) is 0 Å². The van der Waals surface area contributed by atoms with Crippen molar-refractivity contribution >= 4 is 43.5 Å². The predicted octanol–water partition coefficient (Wildman–Crippen LogP) is 3.12. The van der Waals surface area contributed by atoms with Gasteiger partial charge in [-0.15, -0.1) is 11.6 Å². The monoisotopic (exact) mass is 260 g/mol. The average molecular weight is 262 g/mol. The van der Waals surface area contributed by atoms with Crippen LogP contribution in [0.3, 0.4) is 0 Å². The molecule has 1 aliphatic rings. The third-order valence-corrected chi connectivity index (χ3v) is 4.73. The third-order valence-electron chi connectivity index (χ3n) is 1.67. The average Bonchev–Trinajstić information content (AvgIpc) is 2.10. The quantitative estimate of drug-likeness (QED) is 0.637. The highest BCUT2D eigenvalue weighted by Crippen LogP contribution is 2.66. The van der Waals surface area contributed by atoms with E-state index in [4.69, 9.17) is 11.6 Å². The topological polar surface area (TPSA) is 0 Å². The summed E-state index contributed by atoms with van der Waals surface area (Å²) in [6.45, 7) is 2.16. The van der Waals surface area contributed by atoms with E-state index in [-0.39, 0.29) is 8.65 Å². The van der Waals surface area contributed by atoms with Crippen LogP contribution >= 0.6 is 43.5 Å². The van der Waals surface area contributed by atoms with Gasteiger partial charge in [0.05, 0.1) is 3.23 Å². The Labute approximate surface area is 71.2 Å². The summed E-state index contributed by atoms with van der Waals surface area (Å²) in [4.78, 5) is 0. The molecule has 1 unspecified atom stereocenters. The van der Waals surface area contributed by atoms with Crippen LogP contribution in [0.15, 0.2) is 0 Å². The number of hydrogen-bond acceptors (Lipinski definition) is 0. The first-order chi connectivity index (χ1) is 3.52. The second kappa shape index (κ2) is 1.86. The fourth-order valence-electron chi connectivity index (χ4n) is 0.591. The van der Waals surface area contributed by atoms with Gasteiger partial charge in [-0.1, -0.05) is 38.8 Å². The van der Waals surface area contributed by atoms with Gasteiger partial charge in [0.25, 0.3) is 0 Å². The van der Waals surface area contributed by atoms with E-state index in [9.17, 15) is 0 Å². The van der Waals surface area contributed by atoms with Gasteiger partial charge in [0.1, 0.15) is 0 Å². The van der Waals surface area contributed by atoms with Gasteiger partial charge < -0.3 is 0 Å². The maximum atomic E-state index is 5.66. The molecule has 8 heavy (non-hydrogen) atoms. The lowest BCUT2D eigenvalue weighted by molar-refractivity contribution is 0.661. The SMILES string of the molecule is CC1(CCl)CC1(Br)Br. The highest BCUT2D eigenvalue weighted by atomic mass is 79.9. The normalized spacial score (nSPS) is 42.0. The summed E-state index contributed by atoms with van der Waals surface area (Å²) in [6.07, 6.45) is 1.13. The lowest BCUT2D eigenvalue weighted by atomic mass is 10.2. The van der Waals surface area contributed by atoms with Crippen LogP contribution in [-0.2, 0) is 0 Å². The van der Waals surface area contributed by atoms with Crippen molar-refractivity contribution in [2.24, 2.45) is 5.41 Å². The molecule has 0 amide bonds. The van der Waals surface area contributed by atoms with Crippen LogP contribution in [0.25, 0.3) is 0 Å². The molecule has 0 heterocycles. The van der Waals surface area contributed by atoms with E-state index in [0.717, 1.165) is 12.3 Å². The third kappa shape index (κ3) is 0.952. The molecule has 0 saturated heterocycles. The molecular weight excluding hydrogens is 255 g/mol. The second-order valence-corrected chi connectivity index (χ2v) is 6.61. The summed E-state index contributed by atoms with van der Waals surface area (Å²) in [5.74, 6) is 0.726. The minimum Gasteiger partial charge on any atom is -0.126 e. The van der Waals surface area contributed by atoms with Gasteiger partial charge in [-0.3, -0.25) is 0 Å². The van der Waals surface area contributed by atoms with E-state index in [2.05, 4.69) is 38.8 Å². The van der Waals surface area contributed by atoms with Crippen molar-refractivity contribution in [3.8, 4) is 0 Å². The summed E-state index contributed by atoms with van der Waals surface area (Å²) in [6, 6.07) is 0. The molecule has 3 heteroatoms. The molecule has 0 bridgehead atoms. The van der Waals surface area contributed by atoms with Crippen molar-refractivity contribution in [2.75, 3.05) is 5.88 Å². The van der Waals surface area contributed by atoms with Crippen LogP contribution in [0, 0.1) is 5.41 Å². The van der Waals surface area contributed by atoms with Gasteiger partial charge in [-0.25, -0.2) is 0 Å². The standard InChI is InChI=1S/C5H7Br2Cl/c1-4(3-8)2-5(4,6)7/h2-3H2,1H3. The Balaban J connectivity index is 2.55. The molecule has 48 valence electrons. The van der Waals surface area contributed by atoms with Gasteiger partial charge in [0, 0.05) is 11.3 Å². The van der Waals surface area contributed by atoms with E-state index < -0.39 is 0 Å². The molecule has 0 aromatic heterocycles. The summed E-state index contributed by atoms with van der Waals surface area (Å²) < 4.78 is 0.148. The molecule has 1 rings (SSSR count). The van der Waals surface area contributed by atoms with Crippen LogP contribution < -0.4 is 0 Å². The van der Waals surface area contributed by atoms with Crippen LogP contribution in [-0.4, -0.2) is 9.11 Å². The summed E-state index contributed by atoms with van der Waals surface area (Å²) >= 11 is 12.7. The highest BCUT2D eigenvalue weighted by Gasteiger charge is 2.60. The molecule has 0 aromatic carbocycles. The maximum absolute atomic E-state index is 5.66. The van der Waals surface area contributed by atoms with Gasteiger partial charge in [-0.05, 0) is 6.42 Å². The van der Waals surface area contributed by atoms with Crippen LogP contribution in [0.1, 0.15) is 13.3 Å². The predicted molar refractivity (Wildman–Crippen MR) is 44.0 cm³/mol. The Hall–Kier alpha value is 1.25. The number of rotatable bonds is 1. The highest BCUT2D eigenvalue weighted by molar-refractivity contribution is 9.25. The second-order valence-electron chi connectivity index (χ2n) is 2.58. The summed E-state index contributed by atoms with van der Waals surface area (Å²) in [5, 5.41) is 0. The number of hydrogen-bond donors (Lipinski definition) is 0.